The highest BCUT2D eigenvalue weighted by molar-refractivity contribution is 5.99. The minimum atomic E-state index is -4.50. The molecular formula is C33H47F4N5O9. The second-order valence-electron chi connectivity index (χ2n) is 13.0. The van der Waals surface area contributed by atoms with Crippen LogP contribution in [0.25, 0.3) is 0 Å². The SMILES string of the molecule is COC(F)(F)[C@@H](NC(=O)[C@H](CCc1ccccc1)NC(=O)CN1CCOCC1)C(=O)N[C@@H](C(=O)N[C@@H](CC(C)C)C(=O)[C@@]1(C)CO1)C(F)(F)OC. The normalized spacial score (nSPS) is 20.4. The van der Waals surface area contributed by atoms with Crippen LogP contribution in [0.1, 0.15) is 39.2 Å². The van der Waals surface area contributed by atoms with Crippen LogP contribution in [0.15, 0.2) is 30.3 Å². The van der Waals surface area contributed by atoms with Gasteiger partial charge in [-0.3, -0.25) is 28.9 Å². The quantitative estimate of drug-likeness (QED) is 0.111. The first-order valence-corrected chi connectivity index (χ1v) is 16.5. The number of nitrogens with one attached hydrogen (secondary N) is 4. The second kappa shape index (κ2) is 18.2. The summed E-state index contributed by atoms with van der Waals surface area (Å²) in [6.07, 6.45) is -8.87. The van der Waals surface area contributed by atoms with Crippen LogP contribution in [-0.4, -0.2) is 130 Å². The molecule has 0 spiro atoms. The summed E-state index contributed by atoms with van der Waals surface area (Å²) >= 11 is 0. The first kappa shape index (κ1) is 41.7. The van der Waals surface area contributed by atoms with E-state index in [1.807, 2.05) is 5.32 Å². The van der Waals surface area contributed by atoms with Gasteiger partial charge in [0.15, 0.2) is 17.9 Å². The lowest BCUT2D eigenvalue weighted by Gasteiger charge is -2.32. The molecule has 3 rings (SSSR count). The molecule has 1 aromatic carbocycles. The summed E-state index contributed by atoms with van der Waals surface area (Å²) in [6, 6.07) is 0.0261. The Kier molecular flexibility index (Phi) is 14.9. The molecule has 18 heteroatoms. The highest BCUT2D eigenvalue weighted by Crippen LogP contribution is 2.30. The smallest absolute Gasteiger partial charge is 0.379 e. The summed E-state index contributed by atoms with van der Waals surface area (Å²) in [4.78, 5) is 67.9. The van der Waals surface area contributed by atoms with E-state index in [9.17, 15) is 24.0 Å². The molecule has 2 fully saturated rings. The van der Waals surface area contributed by atoms with E-state index in [1.165, 1.54) is 6.92 Å². The number of morpholine rings is 1. The van der Waals surface area contributed by atoms with Gasteiger partial charge in [0.1, 0.15) is 11.6 Å². The highest BCUT2D eigenvalue weighted by Gasteiger charge is 2.54. The monoisotopic (exact) mass is 733 g/mol. The molecule has 0 radical (unpaired) electrons. The third-order valence-corrected chi connectivity index (χ3v) is 8.44. The summed E-state index contributed by atoms with van der Waals surface area (Å²) in [5.41, 5.74) is -0.499. The predicted molar refractivity (Wildman–Crippen MR) is 172 cm³/mol. The molecule has 51 heavy (non-hydrogen) atoms. The molecule has 0 aliphatic carbocycles. The van der Waals surface area contributed by atoms with Crippen molar-refractivity contribution >= 4 is 29.4 Å². The zero-order valence-corrected chi connectivity index (χ0v) is 29.3. The Hall–Kier alpha value is -3.71. The average Bonchev–Trinajstić information content (AvgIpc) is 3.85. The number of ketones is 1. The molecule has 286 valence electrons. The summed E-state index contributed by atoms with van der Waals surface area (Å²) in [5.74, 6) is -6.25. The second-order valence-corrected chi connectivity index (χ2v) is 13.0. The highest BCUT2D eigenvalue weighted by atomic mass is 19.3. The number of ether oxygens (including phenoxy) is 4. The van der Waals surface area contributed by atoms with Crippen molar-refractivity contribution in [2.24, 2.45) is 5.92 Å². The van der Waals surface area contributed by atoms with Crippen LogP contribution in [0.3, 0.4) is 0 Å². The van der Waals surface area contributed by atoms with Gasteiger partial charge in [0.25, 0.3) is 11.8 Å². The third-order valence-electron chi connectivity index (χ3n) is 8.44. The van der Waals surface area contributed by atoms with Gasteiger partial charge in [-0.05, 0) is 37.7 Å². The molecule has 14 nitrogen and oxygen atoms in total. The van der Waals surface area contributed by atoms with Crippen LogP contribution in [0.2, 0.25) is 0 Å². The number of carbonyl (C=O) groups excluding carboxylic acids is 5. The first-order valence-electron chi connectivity index (χ1n) is 16.5. The lowest BCUT2D eigenvalue weighted by molar-refractivity contribution is -0.247. The van der Waals surface area contributed by atoms with Crippen molar-refractivity contribution in [3.8, 4) is 0 Å². The third kappa shape index (κ3) is 12.2. The van der Waals surface area contributed by atoms with E-state index in [1.54, 1.807) is 54.4 Å². The van der Waals surface area contributed by atoms with Gasteiger partial charge in [-0.2, -0.15) is 17.6 Å². The van der Waals surface area contributed by atoms with Crippen molar-refractivity contribution in [2.45, 2.75) is 82.0 Å². The molecule has 0 bridgehead atoms. The van der Waals surface area contributed by atoms with Gasteiger partial charge in [0.05, 0.1) is 32.4 Å². The Morgan fingerprint density at radius 3 is 1.88 bits per heavy atom. The van der Waals surface area contributed by atoms with Crippen molar-refractivity contribution in [3.05, 3.63) is 35.9 Å². The largest absolute Gasteiger partial charge is 0.384 e. The molecule has 0 unspecified atom stereocenters. The van der Waals surface area contributed by atoms with Crippen LogP contribution < -0.4 is 21.3 Å². The summed E-state index contributed by atoms with van der Waals surface area (Å²) in [5, 5.41) is 8.04. The maximum Gasteiger partial charge on any atom is 0.384 e. The van der Waals surface area contributed by atoms with Crippen molar-refractivity contribution in [3.63, 3.8) is 0 Å². The van der Waals surface area contributed by atoms with Crippen LogP contribution in [0.4, 0.5) is 17.6 Å². The number of alkyl halides is 4. The fourth-order valence-corrected chi connectivity index (χ4v) is 5.31. The Balaban J connectivity index is 1.84. The van der Waals surface area contributed by atoms with Gasteiger partial charge in [-0.25, -0.2) is 0 Å². The molecule has 2 aliphatic heterocycles. The minimum Gasteiger partial charge on any atom is -0.379 e. The van der Waals surface area contributed by atoms with Crippen molar-refractivity contribution < 1.29 is 60.5 Å². The number of halogens is 4. The Labute approximate surface area is 293 Å². The predicted octanol–water partition coefficient (Wildman–Crippen LogP) is 0.773. The molecule has 1 aromatic rings. The number of hydrogen-bond acceptors (Lipinski definition) is 10. The van der Waals surface area contributed by atoms with E-state index >= 15 is 17.6 Å². The first-order chi connectivity index (χ1) is 23.9. The van der Waals surface area contributed by atoms with Crippen LogP contribution >= 0.6 is 0 Å². The zero-order valence-electron chi connectivity index (χ0n) is 29.3. The molecule has 0 saturated carbocycles. The van der Waals surface area contributed by atoms with Crippen LogP contribution in [-0.2, 0) is 49.3 Å². The lowest BCUT2D eigenvalue weighted by Crippen LogP contribution is -2.66. The number of carbonyl (C=O) groups is 5. The minimum absolute atomic E-state index is 0.00476. The molecular weight excluding hydrogens is 686 g/mol. The van der Waals surface area contributed by atoms with E-state index in [-0.39, 0.29) is 38.3 Å². The van der Waals surface area contributed by atoms with Crippen LogP contribution in [0, 0.1) is 5.92 Å². The number of rotatable bonds is 20. The molecule has 2 heterocycles. The number of benzene rings is 1. The van der Waals surface area contributed by atoms with Crippen molar-refractivity contribution in [2.75, 3.05) is 53.7 Å². The molecule has 0 aromatic heterocycles. The molecule has 4 N–H and O–H groups in total. The number of epoxide rings is 1. The van der Waals surface area contributed by atoms with Crippen molar-refractivity contribution in [1.82, 2.24) is 26.2 Å². The van der Waals surface area contributed by atoms with E-state index in [0.29, 0.717) is 40.5 Å². The van der Waals surface area contributed by atoms with Crippen LogP contribution in [0.5, 0.6) is 0 Å². The number of Topliss-reactive ketones (excluding diaryl/α,β-unsaturated/α-hetero) is 1. The molecule has 5 atom stereocenters. The average molecular weight is 734 g/mol. The summed E-state index contributed by atoms with van der Waals surface area (Å²) < 4.78 is 79.1. The zero-order chi connectivity index (χ0) is 38.0. The maximum absolute atomic E-state index is 15.2. The van der Waals surface area contributed by atoms with Gasteiger partial charge in [0.2, 0.25) is 11.8 Å². The van der Waals surface area contributed by atoms with Gasteiger partial charge < -0.3 is 40.2 Å². The standard InChI is InChI=1S/C33H47F4N5O9/c1-20(2)17-23(27(44)31(3)19-51-31)39-29(46)25(32(34,35)48-4)41-30(47)26(33(36,37)49-5)40-28(45)22(12-11-21-9-7-6-8-10-21)38-24(43)18-42-13-15-50-16-14-42/h6-10,20,22-23,25-26H,11-19H2,1-5H3,(H,38,43)(H,39,46)(H,40,45)(H,41,47)/t22-,23-,25-,26-,31+/m0/s1. The van der Waals surface area contributed by atoms with Gasteiger partial charge in [-0.1, -0.05) is 44.2 Å². The number of methoxy groups -OCH3 is 2. The Morgan fingerprint density at radius 1 is 0.843 bits per heavy atom. The fourth-order valence-electron chi connectivity index (χ4n) is 5.31. The van der Waals surface area contributed by atoms with Gasteiger partial charge in [0, 0.05) is 27.3 Å². The summed E-state index contributed by atoms with van der Waals surface area (Å²) in [7, 11) is 1.03. The van der Waals surface area contributed by atoms with Gasteiger partial charge in [-0.15, -0.1) is 0 Å². The van der Waals surface area contributed by atoms with E-state index in [0.717, 1.165) is 5.56 Å². The molecule has 2 saturated heterocycles. The van der Waals surface area contributed by atoms with E-state index < -0.39 is 71.4 Å². The van der Waals surface area contributed by atoms with E-state index in [4.69, 9.17) is 9.47 Å². The van der Waals surface area contributed by atoms with E-state index in [2.05, 4.69) is 20.1 Å². The Bertz CT molecular complexity index is 1360. The summed E-state index contributed by atoms with van der Waals surface area (Å²) in [6.45, 7) is 6.44. The molecule has 4 amide bonds. The molecule has 2 aliphatic rings. The number of amides is 4. The fraction of sp³-hybridized carbons (Fsp3) is 0.667. The maximum atomic E-state index is 15.2. The Morgan fingerprint density at radius 2 is 1.37 bits per heavy atom. The number of aryl methyl sites for hydroxylation is 1. The lowest BCUT2D eigenvalue weighted by atomic mass is 9.93. The van der Waals surface area contributed by atoms with Crippen molar-refractivity contribution in [1.29, 1.82) is 0 Å². The topological polar surface area (TPSA) is 177 Å². The van der Waals surface area contributed by atoms with Gasteiger partial charge >= 0.3 is 12.2 Å². The number of hydrogen-bond donors (Lipinski definition) is 4. The number of nitrogens with zero attached hydrogens (tertiary/aromatic N) is 1.